The Morgan fingerprint density at radius 3 is 2.85 bits per heavy atom. The maximum atomic E-state index is 11.9. The molecule has 4 aromatic rings. The van der Waals surface area contributed by atoms with Gasteiger partial charge in [0.05, 0.1) is 7.11 Å². The van der Waals surface area contributed by atoms with E-state index in [1.807, 2.05) is 36.4 Å². The fourth-order valence-corrected chi connectivity index (χ4v) is 3.87. The monoisotopic (exact) mass is 368 g/mol. The summed E-state index contributed by atoms with van der Waals surface area (Å²) in [4.78, 5) is 16.4. The molecule has 0 amide bonds. The van der Waals surface area contributed by atoms with Crippen LogP contribution in [0.5, 0.6) is 5.75 Å². The molecular formula is C18H16N4O3S. The number of methoxy groups -OCH3 is 1. The third-order valence-electron chi connectivity index (χ3n) is 4.05. The first-order valence-corrected chi connectivity index (χ1v) is 8.96. The maximum absolute atomic E-state index is 11.9. The van der Waals surface area contributed by atoms with E-state index in [0.29, 0.717) is 17.1 Å². The first-order valence-electron chi connectivity index (χ1n) is 7.98. The van der Waals surface area contributed by atoms with Gasteiger partial charge in [-0.3, -0.25) is 4.40 Å². The van der Waals surface area contributed by atoms with Crippen molar-refractivity contribution in [3.63, 3.8) is 0 Å². The summed E-state index contributed by atoms with van der Waals surface area (Å²) in [6.07, 6.45) is 0. The molecule has 0 unspecified atom stereocenters. The van der Waals surface area contributed by atoms with Gasteiger partial charge in [0, 0.05) is 35.0 Å². The highest BCUT2D eigenvalue weighted by Crippen LogP contribution is 2.28. The van der Waals surface area contributed by atoms with Gasteiger partial charge in [0.1, 0.15) is 17.2 Å². The van der Waals surface area contributed by atoms with Crippen LogP contribution >= 0.6 is 11.8 Å². The van der Waals surface area contributed by atoms with Crippen LogP contribution in [0.4, 0.5) is 0 Å². The Bertz CT molecular complexity index is 1180. The number of benzene rings is 1. The quantitative estimate of drug-likeness (QED) is 0.404. The summed E-state index contributed by atoms with van der Waals surface area (Å²) in [6, 6.07) is 8.86. The molecule has 0 aliphatic heterocycles. The van der Waals surface area contributed by atoms with Crippen molar-refractivity contribution in [1.82, 2.24) is 19.6 Å². The Labute approximate surface area is 153 Å². The number of hydrogen-bond donors (Lipinski definition) is 0. The van der Waals surface area contributed by atoms with E-state index < -0.39 is 0 Å². The van der Waals surface area contributed by atoms with Crippen molar-refractivity contribution in [1.29, 1.82) is 0 Å². The molecule has 4 rings (SSSR count). The molecule has 0 saturated carbocycles. The van der Waals surface area contributed by atoms with Crippen molar-refractivity contribution < 1.29 is 9.15 Å². The van der Waals surface area contributed by atoms with Gasteiger partial charge in [-0.1, -0.05) is 11.8 Å². The van der Waals surface area contributed by atoms with Gasteiger partial charge in [-0.2, -0.15) is 0 Å². The number of thioether (sulfide) groups is 1. The average molecular weight is 368 g/mol. The zero-order valence-corrected chi connectivity index (χ0v) is 15.3. The lowest BCUT2D eigenvalue weighted by atomic mass is 10.1. The van der Waals surface area contributed by atoms with E-state index in [1.165, 1.54) is 17.8 Å². The lowest BCUT2D eigenvalue weighted by Gasteiger charge is -2.07. The van der Waals surface area contributed by atoms with Crippen LogP contribution in [0.25, 0.3) is 16.6 Å². The molecule has 0 fully saturated rings. The molecule has 0 radical (unpaired) electrons. The Kier molecular flexibility index (Phi) is 4.12. The smallest absolute Gasteiger partial charge is 0.336 e. The minimum absolute atomic E-state index is 0.388. The zero-order valence-electron chi connectivity index (χ0n) is 14.5. The van der Waals surface area contributed by atoms with E-state index >= 15 is 0 Å². The van der Waals surface area contributed by atoms with Crippen LogP contribution in [0.1, 0.15) is 17.1 Å². The molecule has 0 spiro atoms. The summed E-state index contributed by atoms with van der Waals surface area (Å²) in [5.41, 5.74) is 2.66. The van der Waals surface area contributed by atoms with Gasteiger partial charge < -0.3 is 9.15 Å². The molecule has 3 heterocycles. The van der Waals surface area contributed by atoms with Crippen LogP contribution in [-0.4, -0.2) is 26.7 Å². The van der Waals surface area contributed by atoms with Crippen molar-refractivity contribution in [3.8, 4) is 5.75 Å². The third-order valence-corrected chi connectivity index (χ3v) is 5.03. The molecule has 1 aromatic carbocycles. The molecular weight excluding hydrogens is 352 g/mol. The highest BCUT2D eigenvalue weighted by atomic mass is 32.2. The van der Waals surface area contributed by atoms with Crippen LogP contribution in [0.2, 0.25) is 0 Å². The Balaban J connectivity index is 1.71. The number of fused-ring (bicyclic) bond motifs is 2. The number of hydrogen-bond acceptors (Lipinski definition) is 7. The van der Waals surface area contributed by atoms with Crippen LogP contribution in [0.15, 0.2) is 44.7 Å². The number of nitrogens with zero attached hydrogens (tertiary/aromatic N) is 4. The lowest BCUT2D eigenvalue weighted by Crippen LogP contribution is -2.01. The molecule has 0 aliphatic carbocycles. The van der Waals surface area contributed by atoms with Gasteiger partial charge in [0.2, 0.25) is 0 Å². The number of ether oxygens (including phenoxy) is 1. The SMILES string of the molecule is COc1ccc2c(CSc3nnc4cc(C)nc(C)n34)cc(=O)oc2c1. The van der Waals surface area contributed by atoms with Gasteiger partial charge >= 0.3 is 5.63 Å². The van der Waals surface area contributed by atoms with Crippen molar-refractivity contribution in [2.75, 3.05) is 7.11 Å². The molecule has 3 aromatic heterocycles. The third kappa shape index (κ3) is 2.92. The number of aromatic nitrogens is 4. The van der Waals surface area contributed by atoms with E-state index in [9.17, 15) is 4.79 Å². The maximum Gasteiger partial charge on any atom is 0.336 e. The van der Waals surface area contributed by atoms with Crippen molar-refractivity contribution in [2.45, 2.75) is 24.8 Å². The summed E-state index contributed by atoms with van der Waals surface area (Å²) in [5.74, 6) is 2.03. The van der Waals surface area contributed by atoms with E-state index in [1.54, 1.807) is 13.2 Å². The fraction of sp³-hybridized carbons (Fsp3) is 0.222. The Hall–Kier alpha value is -2.87. The van der Waals surface area contributed by atoms with Crippen molar-refractivity contribution >= 4 is 28.4 Å². The highest BCUT2D eigenvalue weighted by molar-refractivity contribution is 7.98. The first kappa shape index (κ1) is 16.6. The minimum Gasteiger partial charge on any atom is -0.497 e. The topological polar surface area (TPSA) is 82.5 Å². The molecule has 26 heavy (non-hydrogen) atoms. The van der Waals surface area contributed by atoms with Crippen molar-refractivity contribution in [2.24, 2.45) is 0 Å². The second kappa shape index (κ2) is 6.45. The fourth-order valence-electron chi connectivity index (χ4n) is 2.90. The predicted molar refractivity (Wildman–Crippen MR) is 98.9 cm³/mol. The summed E-state index contributed by atoms with van der Waals surface area (Å²) in [7, 11) is 1.58. The molecule has 0 aliphatic rings. The van der Waals surface area contributed by atoms with E-state index in [-0.39, 0.29) is 5.63 Å². The van der Waals surface area contributed by atoms with Gasteiger partial charge in [0.25, 0.3) is 0 Å². The Morgan fingerprint density at radius 1 is 1.19 bits per heavy atom. The van der Waals surface area contributed by atoms with E-state index in [2.05, 4.69) is 15.2 Å². The van der Waals surface area contributed by atoms with Crippen molar-refractivity contribution in [3.05, 3.63) is 57.8 Å². The summed E-state index contributed by atoms with van der Waals surface area (Å²) < 4.78 is 12.4. The van der Waals surface area contributed by atoms with Gasteiger partial charge in [-0.15, -0.1) is 10.2 Å². The molecule has 8 heteroatoms. The Morgan fingerprint density at radius 2 is 2.04 bits per heavy atom. The minimum atomic E-state index is -0.388. The van der Waals surface area contributed by atoms with Gasteiger partial charge in [-0.05, 0) is 31.5 Å². The largest absolute Gasteiger partial charge is 0.497 e. The molecule has 7 nitrogen and oxygen atoms in total. The lowest BCUT2D eigenvalue weighted by molar-refractivity contribution is 0.414. The molecule has 0 bridgehead atoms. The first-order chi connectivity index (χ1) is 12.5. The summed E-state index contributed by atoms with van der Waals surface area (Å²) in [5, 5.41) is 10.1. The van der Waals surface area contributed by atoms with E-state index in [0.717, 1.165) is 33.3 Å². The summed E-state index contributed by atoms with van der Waals surface area (Å²) in [6.45, 7) is 3.85. The standard InChI is InChI=1S/C18H16N4O3S/c1-10-6-16-20-21-18(22(16)11(2)19-10)26-9-12-7-17(23)25-15-8-13(24-3)4-5-14(12)15/h4-8H,9H2,1-3H3. The predicted octanol–water partition coefficient (Wildman–Crippen LogP) is 3.15. The van der Waals surface area contributed by atoms with Gasteiger partial charge in [-0.25, -0.2) is 9.78 Å². The number of rotatable bonds is 4. The second-order valence-electron chi connectivity index (χ2n) is 5.86. The van der Waals surface area contributed by atoms with Crippen LogP contribution in [0.3, 0.4) is 0 Å². The molecule has 0 N–H and O–H groups in total. The van der Waals surface area contributed by atoms with Gasteiger partial charge in [0.15, 0.2) is 10.8 Å². The second-order valence-corrected chi connectivity index (χ2v) is 6.80. The van der Waals surface area contributed by atoms with E-state index in [4.69, 9.17) is 9.15 Å². The number of aryl methyl sites for hydroxylation is 2. The molecule has 0 saturated heterocycles. The zero-order chi connectivity index (χ0) is 18.3. The highest BCUT2D eigenvalue weighted by Gasteiger charge is 2.12. The van der Waals surface area contributed by atoms with Crippen LogP contribution in [0, 0.1) is 13.8 Å². The van der Waals surface area contributed by atoms with Crippen LogP contribution < -0.4 is 10.4 Å². The molecule has 0 atom stereocenters. The molecule has 132 valence electrons. The summed E-state index contributed by atoms with van der Waals surface area (Å²) >= 11 is 1.50. The normalized spacial score (nSPS) is 11.3. The van der Waals surface area contributed by atoms with Crippen LogP contribution in [-0.2, 0) is 5.75 Å². The average Bonchev–Trinajstić information content (AvgIpc) is 3.02.